The SMILES string of the molecule is Cc1noc(C(C)OC(=O)Cn2cnc3c(oc4ccccc43)c2=O)n1. The van der Waals surface area contributed by atoms with Gasteiger partial charge in [-0.2, -0.15) is 4.98 Å². The molecule has 4 rings (SSSR count). The minimum Gasteiger partial charge on any atom is -0.451 e. The summed E-state index contributed by atoms with van der Waals surface area (Å²) >= 11 is 0. The van der Waals surface area contributed by atoms with Crippen LogP contribution < -0.4 is 5.56 Å². The maximum atomic E-state index is 12.6. The second-order valence-corrected chi connectivity index (χ2v) is 5.77. The predicted octanol–water partition coefficient (Wildman–Crippen LogP) is 2.14. The molecular weight excluding hydrogens is 340 g/mol. The topological polar surface area (TPSA) is 113 Å². The lowest BCUT2D eigenvalue weighted by molar-refractivity contribution is -0.150. The number of carbonyl (C=O) groups is 1. The minimum absolute atomic E-state index is 0.0991. The van der Waals surface area contributed by atoms with Gasteiger partial charge >= 0.3 is 5.97 Å². The van der Waals surface area contributed by atoms with E-state index in [4.69, 9.17) is 13.7 Å². The summed E-state index contributed by atoms with van der Waals surface area (Å²) in [7, 11) is 0. The number of furan rings is 1. The van der Waals surface area contributed by atoms with Crippen LogP contribution in [0, 0.1) is 6.92 Å². The molecule has 4 aromatic rings. The first-order valence-electron chi connectivity index (χ1n) is 7.89. The van der Waals surface area contributed by atoms with Crippen molar-refractivity contribution in [2.24, 2.45) is 0 Å². The molecule has 132 valence electrons. The van der Waals surface area contributed by atoms with Gasteiger partial charge in [-0.25, -0.2) is 4.98 Å². The number of rotatable bonds is 4. The lowest BCUT2D eigenvalue weighted by atomic mass is 10.2. The summed E-state index contributed by atoms with van der Waals surface area (Å²) in [6.07, 6.45) is 0.581. The molecular formula is C17H14N4O5. The molecule has 0 spiro atoms. The van der Waals surface area contributed by atoms with Gasteiger partial charge in [0.25, 0.3) is 11.4 Å². The van der Waals surface area contributed by atoms with Crippen LogP contribution in [0.4, 0.5) is 0 Å². The zero-order valence-electron chi connectivity index (χ0n) is 14.0. The summed E-state index contributed by atoms with van der Waals surface area (Å²) in [5, 5.41) is 4.39. The molecule has 3 aromatic heterocycles. The highest BCUT2D eigenvalue weighted by Crippen LogP contribution is 2.24. The van der Waals surface area contributed by atoms with E-state index in [1.807, 2.05) is 12.1 Å². The summed E-state index contributed by atoms with van der Waals surface area (Å²) < 4.78 is 16.9. The highest BCUT2D eigenvalue weighted by Gasteiger charge is 2.19. The van der Waals surface area contributed by atoms with E-state index in [9.17, 15) is 9.59 Å². The Morgan fingerprint density at radius 1 is 1.35 bits per heavy atom. The number of benzene rings is 1. The average molecular weight is 354 g/mol. The largest absolute Gasteiger partial charge is 0.451 e. The summed E-state index contributed by atoms with van der Waals surface area (Å²) in [4.78, 5) is 33.0. The van der Waals surface area contributed by atoms with Gasteiger partial charge in [0.2, 0.25) is 5.58 Å². The number of aryl methyl sites for hydroxylation is 1. The monoisotopic (exact) mass is 354 g/mol. The van der Waals surface area contributed by atoms with Crippen molar-refractivity contribution in [2.45, 2.75) is 26.5 Å². The first-order chi connectivity index (χ1) is 12.5. The highest BCUT2D eigenvalue weighted by atomic mass is 16.6. The molecule has 0 aliphatic rings. The van der Waals surface area contributed by atoms with Crippen molar-refractivity contribution in [3.8, 4) is 0 Å². The molecule has 1 unspecified atom stereocenters. The number of fused-ring (bicyclic) bond motifs is 3. The maximum absolute atomic E-state index is 12.6. The molecule has 0 radical (unpaired) electrons. The van der Waals surface area contributed by atoms with Crippen LogP contribution in [0.2, 0.25) is 0 Å². The van der Waals surface area contributed by atoms with E-state index in [1.165, 1.54) is 6.33 Å². The Morgan fingerprint density at radius 2 is 2.15 bits per heavy atom. The molecule has 9 nitrogen and oxygen atoms in total. The summed E-state index contributed by atoms with van der Waals surface area (Å²) in [5.41, 5.74) is 0.671. The highest BCUT2D eigenvalue weighted by molar-refractivity contribution is 6.01. The van der Waals surface area contributed by atoms with Crippen molar-refractivity contribution in [2.75, 3.05) is 0 Å². The van der Waals surface area contributed by atoms with Gasteiger partial charge in [-0.1, -0.05) is 17.3 Å². The number of hydrogen-bond acceptors (Lipinski definition) is 8. The molecule has 0 saturated carbocycles. The number of aromatic nitrogens is 4. The van der Waals surface area contributed by atoms with E-state index >= 15 is 0 Å². The number of nitrogens with zero attached hydrogens (tertiary/aromatic N) is 4. The molecule has 1 atom stereocenters. The van der Waals surface area contributed by atoms with E-state index in [0.717, 1.165) is 9.95 Å². The van der Waals surface area contributed by atoms with Gasteiger partial charge in [0.05, 0.1) is 6.33 Å². The maximum Gasteiger partial charge on any atom is 0.326 e. The third-order valence-corrected chi connectivity index (χ3v) is 3.85. The number of ether oxygens (including phenoxy) is 1. The standard InChI is InChI=1S/C17H14N4O5/c1-9(16-19-10(2)20-26-16)24-13(22)7-21-8-18-14-11-5-3-4-6-12(11)25-15(14)17(21)23/h3-6,8-9H,7H2,1-2H3. The molecule has 0 N–H and O–H groups in total. The lowest BCUT2D eigenvalue weighted by Gasteiger charge is -2.09. The molecule has 9 heteroatoms. The zero-order valence-corrected chi connectivity index (χ0v) is 14.0. The van der Waals surface area contributed by atoms with E-state index in [0.29, 0.717) is 16.9 Å². The third-order valence-electron chi connectivity index (χ3n) is 3.85. The van der Waals surface area contributed by atoms with Crippen molar-refractivity contribution in [3.63, 3.8) is 0 Å². The predicted molar refractivity (Wildman–Crippen MR) is 89.3 cm³/mol. The number of carbonyl (C=O) groups excluding carboxylic acids is 1. The van der Waals surface area contributed by atoms with Crippen molar-refractivity contribution < 1.29 is 18.5 Å². The Bertz CT molecular complexity index is 1170. The van der Waals surface area contributed by atoms with Crippen LogP contribution in [-0.4, -0.2) is 25.7 Å². The molecule has 0 fully saturated rings. The van der Waals surface area contributed by atoms with Crippen LogP contribution in [0.1, 0.15) is 24.7 Å². The normalized spacial score (nSPS) is 12.5. The number of esters is 1. The van der Waals surface area contributed by atoms with Crippen LogP contribution in [-0.2, 0) is 16.1 Å². The van der Waals surface area contributed by atoms with Crippen LogP contribution in [0.15, 0.2) is 44.3 Å². The minimum atomic E-state index is -0.720. The summed E-state index contributed by atoms with van der Waals surface area (Å²) in [5.74, 6) is 0.000396. The van der Waals surface area contributed by atoms with Gasteiger partial charge in [0.15, 0.2) is 11.9 Å². The first-order valence-corrected chi connectivity index (χ1v) is 7.89. The number of hydrogen-bond donors (Lipinski definition) is 0. The van der Waals surface area contributed by atoms with Crippen molar-refractivity contribution in [1.82, 2.24) is 19.7 Å². The molecule has 0 bridgehead atoms. The van der Waals surface area contributed by atoms with Crippen molar-refractivity contribution in [3.05, 3.63) is 52.7 Å². The number of para-hydroxylation sites is 1. The molecule has 0 saturated heterocycles. The van der Waals surface area contributed by atoms with Crippen LogP contribution in [0.5, 0.6) is 0 Å². The zero-order chi connectivity index (χ0) is 18.3. The van der Waals surface area contributed by atoms with E-state index in [2.05, 4.69) is 15.1 Å². The fraction of sp³-hybridized carbons (Fsp3) is 0.235. The Kier molecular flexibility index (Phi) is 3.76. The quantitative estimate of drug-likeness (QED) is 0.512. The van der Waals surface area contributed by atoms with Gasteiger partial charge in [0, 0.05) is 5.39 Å². The van der Waals surface area contributed by atoms with Gasteiger partial charge in [-0.3, -0.25) is 14.2 Å². The Hall–Kier alpha value is -3.49. The molecule has 26 heavy (non-hydrogen) atoms. The smallest absolute Gasteiger partial charge is 0.326 e. The van der Waals surface area contributed by atoms with Crippen LogP contribution in [0.3, 0.4) is 0 Å². The average Bonchev–Trinajstić information content (AvgIpc) is 3.21. The molecule has 3 heterocycles. The fourth-order valence-electron chi connectivity index (χ4n) is 2.63. The van der Waals surface area contributed by atoms with E-state index < -0.39 is 17.6 Å². The summed E-state index contributed by atoms with van der Waals surface area (Å²) in [6, 6.07) is 7.22. The summed E-state index contributed by atoms with van der Waals surface area (Å²) in [6.45, 7) is 2.96. The first kappa shape index (κ1) is 16.0. The Balaban J connectivity index is 1.59. The van der Waals surface area contributed by atoms with E-state index in [1.54, 1.807) is 26.0 Å². The van der Waals surface area contributed by atoms with Gasteiger partial charge in [-0.15, -0.1) is 0 Å². The second kappa shape index (κ2) is 6.10. The van der Waals surface area contributed by atoms with Crippen LogP contribution >= 0.6 is 0 Å². The third kappa shape index (κ3) is 2.73. The van der Waals surface area contributed by atoms with Crippen molar-refractivity contribution >= 4 is 28.0 Å². The molecule has 0 aliphatic carbocycles. The fourth-order valence-corrected chi connectivity index (χ4v) is 2.63. The molecule has 0 amide bonds. The van der Waals surface area contributed by atoms with Crippen LogP contribution in [0.25, 0.3) is 22.1 Å². The molecule has 1 aromatic carbocycles. The second-order valence-electron chi connectivity index (χ2n) is 5.77. The van der Waals surface area contributed by atoms with Gasteiger partial charge < -0.3 is 13.7 Å². The van der Waals surface area contributed by atoms with E-state index in [-0.39, 0.29) is 18.0 Å². The van der Waals surface area contributed by atoms with Crippen molar-refractivity contribution in [1.29, 1.82) is 0 Å². The van der Waals surface area contributed by atoms with Gasteiger partial charge in [0.1, 0.15) is 17.6 Å². The Morgan fingerprint density at radius 3 is 2.92 bits per heavy atom. The molecule has 0 aliphatic heterocycles. The Labute approximate surface area is 146 Å². The van der Waals surface area contributed by atoms with Gasteiger partial charge in [-0.05, 0) is 26.0 Å². The lowest BCUT2D eigenvalue weighted by Crippen LogP contribution is -2.26.